The summed E-state index contributed by atoms with van der Waals surface area (Å²) in [7, 11) is -0.713. The van der Waals surface area contributed by atoms with Crippen LogP contribution < -0.4 is 20.7 Å². The van der Waals surface area contributed by atoms with Gasteiger partial charge < -0.3 is 4.74 Å². The molecule has 0 aliphatic carbocycles. The van der Waals surface area contributed by atoms with Gasteiger partial charge in [-0.15, -0.1) is 0 Å². The number of hydrogen-bond donors (Lipinski definition) is 0. The molecule has 0 unspecified atom stereocenters. The molecule has 0 heterocycles. The van der Waals surface area contributed by atoms with E-state index in [1.54, 1.807) is 0 Å². The van der Waals surface area contributed by atoms with Crippen LogP contribution in [0.2, 0.25) is 0 Å². The first-order chi connectivity index (χ1) is 14.2. The Balaban J connectivity index is 1.82. The molecule has 144 valence electrons. The quantitative estimate of drug-likeness (QED) is 0.345. The lowest BCUT2D eigenvalue weighted by atomic mass is 10.0. The Hall–Kier alpha value is -2.89. The van der Waals surface area contributed by atoms with E-state index in [2.05, 4.69) is 117 Å². The number of hydrogen-bond acceptors (Lipinski definition) is 1. The topological polar surface area (TPSA) is 9.23 Å². The Morgan fingerprint density at radius 3 is 1.62 bits per heavy atom. The summed E-state index contributed by atoms with van der Waals surface area (Å²) in [6, 6.07) is 38.3. The molecule has 29 heavy (non-hydrogen) atoms. The zero-order valence-electron chi connectivity index (χ0n) is 16.8. The minimum atomic E-state index is -0.713. The minimum Gasteiger partial charge on any atom is -0.456 e. The highest BCUT2D eigenvalue weighted by Crippen LogP contribution is 2.38. The molecule has 0 fully saturated rings. The van der Waals surface area contributed by atoms with Gasteiger partial charge in [0.25, 0.3) is 0 Å². The van der Waals surface area contributed by atoms with Gasteiger partial charge in [-0.2, -0.15) is 0 Å². The van der Waals surface area contributed by atoms with Crippen molar-refractivity contribution >= 4 is 23.8 Å². The molecule has 2 heteroatoms. The van der Waals surface area contributed by atoms with Crippen molar-refractivity contribution in [3.05, 3.63) is 115 Å². The van der Waals surface area contributed by atoms with Crippen molar-refractivity contribution in [3.8, 4) is 11.5 Å². The first-order valence-electron chi connectivity index (χ1n) is 10.00. The zero-order valence-corrected chi connectivity index (χ0v) is 17.7. The summed E-state index contributed by atoms with van der Waals surface area (Å²) in [5.41, 5.74) is 1.23. The third-order valence-electron chi connectivity index (χ3n) is 4.90. The Morgan fingerprint density at radius 1 is 0.552 bits per heavy atom. The van der Waals surface area contributed by atoms with Gasteiger partial charge in [0.2, 0.25) is 0 Å². The first-order valence-corrected chi connectivity index (χ1v) is 11.3. The predicted octanol–water partition coefficient (Wildman–Crippen LogP) is 6.36. The van der Waals surface area contributed by atoms with E-state index in [-0.39, 0.29) is 0 Å². The summed E-state index contributed by atoms with van der Waals surface area (Å²) in [4.78, 5) is 0. The summed E-state index contributed by atoms with van der Waals surface area (Å²) < 4.78 is 6.54. The molecule has 4 aromatic carbocycles. The van der Waals surface area contributed by atoms with Crippen LogP contribution >= 0.6 is 7.92 Å². The number of para-hydroxylation sites is 2. The van der Waals surface area contributed by atoms with Gasteiger partial charge in [-0.25, -0.2) is 0 Å². The van der Waals surface area contributed by atoms with E-state index < -0.39 is 7.92 Å². The molecule has 4 aromatic rings. The van der Waals surface area contributed by atoms with E-state index in [1.165, 1.54) is 21.5 Å². The predicted molar refractivity (Wildman–Crippen MR) is 126 cm³/mol. The van der Waals surface area contributed by atoms with E-state index in [0.29, 0.717) is 5.92 Å². The van der Waals surface area contributed by atoms with Crippen molar-refractivity contribution in [2.45, 2.75) is 19.8 Å². The molecule has 0 aliphatic rings. The molecule has 1 nitrogen and oxygen atoms in total. The van der Waals surface area contributed by atoms with Gasteiger partial charge in [0, 0.05) is 5.30 Å². The van der Waals surface area contributed by atoms with Gasteiger partial charge in [-0.1, -0.05) is 111 Å². The average molecular weight is 396 g/mol. The monoisotopic (exact) mass is 396 g/mol. The molecule has 0 spiro atoms. The lowest BCUT2D eigenvalue weighted by Gasteiger charge is -2.23. The number of benzene rings is 4. The second kappa shape index (κ2) is 9.07. The maximum absolute atomic E-state index is 6.54. The minimum absolute atomic E-state index is 0.406. The molecule has 4 rings (SSSR count). The largest absolute Gasteiger partial charge is 0.456 e. The Kier molecular flexibility index (Phi) is 6.08. The van der Waals surface area contributed by atoms with Gasteiger partial charge >= 0.3 is 0 Å². The van der Waals surface area contributed by atoms with Gasteiger partial charge in [-0.05, 0) is 42.1 Å². The fraction of sp³-hybridized carbons (Fsp3) is 0.111. The molecule has 0 saturated carbocycles. The molecule has 0 radical (unpaired) electrons. The maximum Gasteiger partial charge on any atom is 0.135 e. The van der Waals surface area contributed by atoms with E-state index in [4.69, 9.17) is 4.74 Å². The Bertz CT molecular complexity index is 1020. The van der Waals surface area contributed by atoms with Crippen molar-refractivity contribution < 1.29 is 4.74 Å². The standard InChI is InChI=1S/C27H25OP/c1-21(2)24-17-9-10-18-25(24)28-26-19-11-12-20-27(26)29(22-13-5-3-6-14-22)23-15-7-4-8-16-23/h3-21H,1-2H3. The maximum atomic E-state index is 6.54. The summed E-state index contributed by atoms with van der Waals surface area (Å²) in [5, 5.41) is 3.88. The van der Waals surface area contributed by atoms with Gasteiger partial charge in [0.1, 0.15) is 11.5 Å². The van der Waals surface area contributed by atoms with Crippen LogP contribution in [-0.2, 0) is 0 Å². The third-order valence-corrected chi connectivity index (χ3v) is 7.38. The summed E-state index contributed by atoms with van der Waals surface area (Å²) >= 11 is 0. The fourth-order valence-corrected chi connectivity index (χ4v) is 5.85. The third kappa shape index (κ3) is 4.42. The highest BCUT2D eigenvalue weighted by molar-refractivity contribution is 7.80. The molecular weight excluding hydrogens is 371 g/mol. The highest BCUT2D eigenvalue weighted by atomic mass is 31.1. The molecule has 0 aromatic heterocycles. The normalized spacial score (nSPS) is 11.0. The number of rotatable bonds is 6. The summed E-state index contributed by atoms with van der Waals surface area (Å²) in [5.74, 6) is 2.27. The second-order valence-electron chi connectivity index (χ2n) is 7.27. The Labute approximate surface area is 174 Å². The van der Waals surface area contributed by atoms with Crippen LogP contribution in [0.3, 0.4) is 0 Å². The molecule has 0 bridgehead atoms. The van der Waals surface area contributed by atoms with Gasteiger partial charge in [0.15, 0.2) is 0 Å². The molecule has 0 atom stereocenters. The van der Waals surface area contributed by atoms with Crippen LogP contribution in [-0.4, -0.2) is 0 Å². The lowest BCUT2D eigenvalue weighted by molar-refractivity contribution is 0.477. The van der Waals surface area contributed by atoms with Crippen LogP contribution in [0.25, 0.3) is 0 Å². The molecule has 0 amide bonds. The van der Waals surface area contributed by atoms with Crippen molar-refractivity contribution in [1.82, 2.24) is 0 Å². The summed E-state index contributed by atoms with van der Waals surface area (Å²) in [6.45, 7) is 4.41. The van der Waals surface area contributed by atoms with E-state index in [9.17, 15) is 0 Å². The van der Waals surface area contributed by atoms with Crippen LogP contribution in [0.1, 0.15) is 25.3 Å². The van der Waals surface area contributed by atoms with Crippen LogP contribution in [0.4, 0.5) is 0 Å². The average Bonchev–Trinajstić information content (AvgIpc) is 2.77. The molecule has 0 aliphatic heterocycles. The van der Waals surface area contributed by atoms with Crippen LogP contribution in [0, 0.1) is 0 Å². The van der Waals surface area contributed by atoms with Crippen molar-refractivity contribution in [2.75, 3.05) is 0 Å². The lowest BCUT2D eigenvalue weighted by Crippen LogP contribution is -2.21. The number of ether oxygens (including phenoxy) is 1. The van der Waals surface area contributed by atoms with Crippen LogP contribution in [0.5, 0.6) is 11.5 Å². The molecule has 0 saturated heterocycles. The SMILES string of the molecule is CC(C)c1ccccc1Oc1ccccc1P(c1ccccc1)c1ccccc1. The van der Waals surface area contributed by atoms with Gasteiger partial charge in [0.05, 0.1) is 0 Å². The summed E-state index contributed by atoms with van der Waals surface area (Å²) in [6.07, 6.45) is 0. The van der Waals surface area contributed by atoms with E-state index >= 15 is 0 Å². The van der Waals surface area contributed by atoms with E-state index in [0.717, 1.165) is 11.5 Å². The van der Waals surface area contributed by atoms with Crippen LogP contribution in [0.15, 0.2) is 109 Å². The molecule has 0 N–H and O–H groups in total. The fourth-order valence-electron chi connectivity index (χ4n) is 3.48. The molecular formula is C27H25OP. The van der Waals surface area contributed by atoms with Gasteiger partial charge in [-0.3, -0.25) is 0 Å². The second-order valence-corrected chi connectivity index (χ2v) is 9.45. The van der Waals surface area contributed by atoms with Crippen molar-refractivity contribution in [3.63, 3.8) is 0 Å². The smallest absolute Gasteiger partial charge is 0.135 e. The van der Waals surface area contributed by atoms with E-state index in [1.807, 2.05) is 6.07 Å². The first kappa shape index (κ1) is 19.4. The zero-order chi connectivity index (χ0) is 20.1. The van der Waals surface area contributed by atoms with Crippen molar-refractivity contribution in [1.29, 1.82) is 0 Å². The highest BCUT2D eigenvalue weighted by Gasteiger charge is 2.21. The van der Waals surface area contributed by atoms with Crippen molar-refractivity contribution in [2.24, 2.45) is 0 Å². The Morgan fingerprint density at radius 2 is 1.03 bits per heavy atom.